The van der Waals surface area contributed by atoms with Gasteiger partial charge in [0.1, 0.15) is 16.5 Å². The average Bonchev–Trinajstić information content (AvgIpc) is 2.85. The van der Waals surface area contributed by atoms with E-state index in [1.54, 1.807) is 0 Å². The molecule has 0 aliphatic heterocycles. The van der Waals surface area contributed by atoms with Crippen molar-refractivity contribution in [3.05, 3.63) is 0 Å². The first-order valence-electron chi connectivity index (χ1n) is 15.8. The first-order chi connectivity index (χ1) is 16.1. The highest BCUT2D eigenvalue weighted by Crippen LogP contribution is 2.36. The van der Waals surface area contributed by atoms with E-state index in [9.17, 15) is 0 Å². The summed E-state index contributed by atoms with van der Waals surface area (Å²) in [6.07, 6.45) is 23.5. The van der Waals surface area contributed by atoms with Gasteiger partial charge in [-0.25, -0.2) is 0 Å². The van der Waals surface area contributed by atoms with Crippen molar-refractivity contribution in [3.63, 3.8) is 0 Å². The van der Waals surface area contributed by atoms with Gasteiger partial charge in [-0.1, -0.05) is 145 Å². The number of hydrogen-bond acceptors (Lipinski definition) is 1. The predicted octanol–water partition coefficient (Wildman–Crippen LogP) is 11.6. The second-order valence-corrected chi connectivity index (χ2v) is 21.7. The predicted molar refractivity (Wildman–Crippen MR) is 161 cm³/mol. The maximum Gasteiger partial charge on any atom is 0.120 e. The second kappa shape index (κ2) is 21.7. The van der Waals surface area contributed by atoms with Crippen molar-refractivity contribution in [3.8, 4) is 0 Å². The topological polar surface area (TPSA) is 3.24 Å². The third kappa shape index (κ3) is 12.8. The normalized spacial score (nSPS) is 12.7. The molecule has 0 aromatic rings. The Morgan fingerprint density at radius 2 is 0.576 bits per heavy atom. The van der Waals surface area contributed by atoms with Gasteiger partial charge in [-0.2, -0.15) is 0 Å². The highest BCUT2D eigenvalue weighted by Gasteiger charge is 2.45. The largest absolute Gasteiger partial charge is 0.345 e. The fourth-order valence-corrected chi connectivity index (χ4v) is 19.9. The molecule has 0 rings (SSSR count). The summed E-state index contributed by atoms with van der Waals surface area (Å²) in [5.74, 6) is 0. The van der Waals surface area contributed by atoms with Crippen LogP contribution in [-0.4, -0.2) is 27.2 Å². The van der Waals surface area contributed by atoms with Gasteiger partial charge in [0, 0.05) is 0 Å². The Hall–Kier alpha value is 0.394. The van der Waals surface area contributed by atoms with Crippen LogP contribution in [0.3, 0.4) is 0 Å². The molecule has 0 aromatic carbocycles. The van der Waals surface area contributed by atoms with Gasteiger partial charge in [0.15, 0.2) is 0 Å². The van der Waals surface area contributed by atoms with Crippen LogP contribution in [0.15, 0.2) is 0 Å². The Bertz CT molecular complexity index is 368. The molecule has 0 unspecified atom stereocenters. The van der Waals surface area contributed by atoms with Crippen LogP contribution in [0.1, 0.15) is 151 Å². The molecule has 0 aromatic heterocycles. The van der Waals surface area contributed by atoms with E-state index in [0.29, 0.717) is 0 Å². The first-order valence-corrected chi connectivity index (χ1v) is 21.0. The molecule has 3 heteroatoms. The standard InChI is InChI=1S/C30H67NSi2/c1-8-15-16-17-18-19-20-21-22-23-24-25-26-27-28-29-30-31(32(9-2,10-3)11-4)33(12-5,13-6)14-7/h8-30H2,1-7H3. The molecule has 0 amide bonds. The van der Waals surface area contributed by atoms with E-state index >= 15 is 0 Å². The number of nitrogens with zero attached hydrogens (tertiary/aromatic N) is 1. The quantitative estimate of drug-likeness (QED) is 0.0894. The van der Waals surface area contributed by atoms with E-state index in [-0.39, 0.29) is 0 Å². The van der Waals surface area contributed by atoms with Crippen LogP contribution in [0.5, 0.6) is 0 Å². The molecule has 0 fully saturated rings. The van der Waals surface area contributed by atoms with Gasteiger partial charge in [-0.3, -0.25) is 0 Å². The summed E-state index contributed by atoms with van der Waals surface area (Å²) in [5, 5.41) is 0. The summed E-state index contributed by atoms with van der Waals surface area (Å²) in [4.78, 5) is 0. The lowest BCUT2D eigenvalue weighted by Crippen LogP contribution is -2.66. The van der Waals surface area contributed by atoms with Crippen molar-refractivity contribution < 1.29 is 0 Å². The van der Waals surface area contributed by atoms with Crippen molar-refractivity contribution in [1.29, 1.82) is 0 Å². The molecular weight excluding hydrogens is 431 g/mol. The highest BCUT2D eigenvalue weighted by atomic mass is 28.4. The minimum Gasteiger partial charge on any atom is -0.345 e. The van der Waals surface area contributed by atoms with E-state index in [2.05, 4.69) is 52.7 Å². The van der Waals surface area contributed by atoms with Crippen LogP contribution in [0.4, 0.5) is 0 Å². The Labute approximate surface area is 214 Å². The fraction of sp³-hybridized carbons (Fsp3) is 1.00. The van der Waals surface area contributed by atoms with Crippen LogP contribution in [-0.2, 0) is 0 Å². The minimum atomic E-state index is -1.26. The fourth-order valence-electron chi connectivity index (χ4n) is 6.44. The van der Waals surface area contributed by atoms with Crippen molar-refractivity contribution in [2.24, 2.45) is 0 Å². The van der Waals surface area contributed by atoms with E-state index in [4.69, 9.17) is 0 Å². The summed E-state index contributed by atoms with van der Waals surface area (Å²) in [6, 6.07) is 8.80. The zero-order valence-corrected chi connectivity index (χ0v) is 26.7. The van der Waals surface area contributed by atoms with Gasteiger partial charge >= 0.3 is 0 Å². The number of rotatable bonds is 25. The zero-order chi connectivity index (χ0) is 24.8. The monoisotopic (exact) mass is 497 g/mol. The van der Waals surface area contributed by atoms with Crippen molar-refractivity contribution in [2.75, 3.05) is 6.54 Å². The smallest absolute Gasteiger partial charge is 0.120 e. The summed E-state index contributed by atoms with van der Waals surface area (Å²) in [5.41, 5.74) is 0. The van der Waals surface area contributed by atoms with Crippen LogP contribution >= 0.6 is 0 Å². The summed E-state index contributed by atoms with van der Waals surface area (Å²) in [7, 11) is -2.52. The van der Waals surface area contributed by atoms with Crippen molar-refractivity contribution >= 4 is 16.5 Å². The molecule has 0 saturated carbocycles. The average molecular weight is 498 g/mol. The second-order valence-electron chi connectivity index (χ2n) is 11.0. The van der Waals surface area contributed by atoms with Gasteiger partial charge in [-0.15, -0.1) is 0 Å². The van der Waals surface area contributed by atoms with Crippen molar-refractivity contribution in [1.82, 2.24) is 4.23 Å². The molecule has 200 valence electrons. The number of hydrogen-bond donors (Lipinski definition) is 0. The van der Waals surface area contributed by atoms with Gasteiger partial charge in [-0.05, 0) is 49.2 Å². The molecule has 0 spiro atoms. The first kappa shape index (κ1) is 33.4. The van der Waals surface area contributed by atoms with E-state index < -0.39 is 16.5 Å². The molecule has 0 heterocycles. The lowest BCUT2D eigenvalue weighted by molar-refractivity contribution is 0.503. The van der Waals surface area contributed by atoms with E-state index in [0.717, 1.165) is 0 Å². The Morgan fingerprint density at radius 3 is 0.818 bits per heavy atom. The van der Waals surface area contributed by atoms with Gasteiger partial charge < -0.3 is 4.23 Å². The third-order valence-electron chi connectivity index (χ3n) is 9.33. The molecule has 33 heavy (non-hydrogen) atoms. The Balaban J connectivity index is 4.08. The number of unbranched alkanes of at least 4 members (excludes halogenated alkanes) is 15. The summed E-state index contributed by atoms with van der Waals surface area (Å²) in [6.45, 7) is 18.8. The molecule has 1 nitrogen and oxygen atoms in total. The molecule has 0 atom stereocenters. The molecular formula is C30H67NSi2. The lowest BCUT2D eigenvalue weighted by atomic mass is 10.0. The molecule has 0 saturated heterocycles. The maximum atomic E-state index is 3.28. The van der Waals surface area contributed by atoms with E-state index in [1.165, 1.54) is 146 Å². The van der Waals surface area contributed by atoms with Crippen LogP contribution in [0.2, 0.25) is 36.3 Å². The maximum absolute atomic E-state index is 3.28. The third-order valence-corrected chi connectivity index (χ3v) is 22.8. The minimum absolute atomic E-state index is 1.26. The zero-order valence-electron chi connectivity index (χ0n) is 24.7. The van der Waals surface area contributed by atoms with Gasteiger partial charge in [0.2, 0.25) is 0 Å². The molecule has 0 radical (unpaired) electrons. The van der Waals surface area contributed by atoms with Crippen LogP contribution in [0.25, 0.3) is 0 Å². The van der Waals surface area contributed by atoms with Gasteiger partial charge in [0.05, 0.1) is 0 Å². The lowest BCUT2D eigenvalue weighted by Gasteiger charge is -2.52. The molecule has 0 N–H and O–H groups in total. The summed E-state index contributed by atoms with van der Waals surface area (Å²) >= 11 is 0. The Kier molecular flexibility index (Phi) is 21.9. The molecule has 0 aliphatic carbocycles. The molecule has 0 bridgehead atoms. The van der Waals surface area contributed by atoms with Crippen LogP contribution in [0, 0.1) is 0 Å². The molecule has 0 aliphatic rings. The van der Waals surface area contributed by atoms with Gasteiger partial charge in [0.25, 0.3) is 0 Å². The van der Waals surface area contributed by atoms with Crippen LogP contribution < -0.4 is 0 Å². The summed E-state index contributed by atoms with van der Waals surface area (Å²) < 4.78 is 3.28. The highest BCUT2D eigenvalue weighted by molar-refractivity contribution is 6.92. The van der Waals surface area contributed by atoms with Crippen molar-refractivity contribution in [2.45, 2.75) is 187 Å². The van der Waals surface area contributed by atoms with E-state index in [1.807, 2.05) is 0 Å². The SMILES string of the molecule is CCCCCCCCCCCCCCCCCCN([Si](CC)(CC)CC)[Si](CC)(CC)CC. The Morgan fingerprint density at radius 1 is 0.333 bits per heavy atom.